The third-order valence-electron chi connectivity index (χ3n) is 6.68. The molecule has 3 aromatic carbocycles. The van der Waals surface area contributed by atoms with Gasteiger partial charge in [0.1, 0.15) is 18.4 Å². The first-order valence-electron chi connectivity index (χ1n) is 13.3. The quantitative estimate of drug-likeness (QED) is 0.255. The van der Waals surface area contributed by atoms with Crippen molar-refractivity contribution in [2.75, 3.05) is 10.8 Å². The molecule has 0 aliphatic carbocycles. The van der Waals surface area contributed by atoms with Crippen LogP contribution >= 0.6 is 23.2 Å². The van der Waals surface area contributed by atoms with E-state index in [0.717, 1.165) is 9.87 Å². The summed E-state index contributed by atoms with van der Waals surface area (Å²) in [5.41, 5.74) is 1.53. The minimum Gasteiger partial charge on any atom is -0.352 e. The Labute approximate surface area is 251 Å². The number of aryl methyl sites for hydroxylation is 1. The number of hydrogen-bond acceptors (Lipinski definition) is 4. The summed E-state index contributed by atoms with van der Waals surface area (Å²) in [4.78, 5) is 28.7. The number of amides is 2. The van der Waals surface area contributed by atoms with Crippen molar-refractivity contribution in [3.05, 3.63) is 93.7 Å². The molecule has 1 N–H and O–H groups in total. The van der Waals surface area contributed by atoms with Crippen molar-refractivity contribution in [3.63, 3.8) is 0 Å². The van der Waals surface area contributed by atoms with Gasteiger partial charge in [0.15, 0.2) is 0 Å². The lowest BCUT2D eigenvalue weighted by atomic mass is 10.1. The minimum absolute atomic E-state index is 0.0290. The van der Waals surface area contributed by atoms with Crippen LogP contribution in [0, 0.1) is 12.7 Å². The molecule has 3 rings (SSSR count). The molecule has 0 heterocycles. The first-order chi connectivity index (χ1) is 19.3. The molecule has 3 aromatic rings. The van der Waals surface area contributed by atoms with Crippen LogP contribution in [0.5, 0.6) is 0 Å². The maximum absolute atomic E-state index is 14.1. The third-order valence-corrected chi connectivity index (χ3v) is 8.90. The van der Waals surface area contributed by atoms with Gasteiger partial charge >= 0.3 is 0 Å². The molecule has 0 saturated heterocycles. The fraction of sp³-hybridized carbons (Fsp3) is 0.333. The predicted molar refractivity (Wildman–Crippen MR) is 161 cm³/mol. The van der Waals surface area contributed by atoms with Crippen LogP contribution in [0.4, 0.5) is 10.1 Å². The molecule has 0 saturated carbocycles. The monoisotopic (exact) mass is 621 g/mol. The number of nitrogens with one attached hydrogen (secondary N) is 1. The number of sulfonamides is 1. The van der Waals surface area contributed by atoms with Crippen molar-refractivity contribution >= 4 is 50.7 Å². The van der Waals surface area contributed by atoms with Crippen LogP contribution in [0.25, 0.3) is 0 Å². The van der Waals surface area contributed by atoms with Gasteiger partial charge in [-0.2, -0.15) is 0 Å². The van der Waals surface area contributed by atoms with Crippen LogP contribution < -0.4 is 9.62 Å². The first-order valence-corrected chi connectivity index (χ1v) is 15.4. The number of hydrogen-bond donors (Lipinski definition) is 1. The van der Waals surface area contributed by atoms with Crippen LogP contribution in [0.1, 0.15) is 44.7 Å². The second kappa shape index (κ2) is 14.2. The largest absolute Gasteiger partial charge is 0.352 e. The zero-order chi connectivity index (χ0) is 30.3. The lowest BCUT2D eigenvalue weighted by molar-refractivity contribution is -0.140. The number of carbonyl (C=O) groups is 2. The van der Waals surface area contributed by atoms with Gasteiger partial charge in [0.05, 0.1) is 10.6 Å². The van der Waals surface area contributed by atoms with Crippen molar-refractivity contribution in [2.45, 2.75) is 64.1 Å². The molecular weight excluding hydrogens is 588 g/mol. The second-order valence-electron chi connectivity index (χ2n) is 9.84. The molecule has 220 valence electrons. The van der Waals surface area contributed by atoms with Crippen LogP contribution in [0.3, 0.4) is 0 Å². The van der Waals surface area contributed by atoms with Gasteiger partial charge in [-0.15, -0.1) is 0 Å². The van der Waals surface area contributed by atoms with Gasteiger partial charge in [0.25, 0.3) is 10.0 Å². The van der Waals surface area contributed by atoms with Crippen molar-refractivity contribution in [3.8, 4) is 0 Å². The lowest BCUT2D eigenvalue weighted by Crippen LogP contribution is -2.53. The topological polar surface area (TPSA) is 86.8 Å². The summed E-state index contributed by atoms with van der Waals surface area (Å²) in [5.74, 6) is -1.44. The van der Waals surface area contributed by atoms with Gasteiger partial charge in [0.2, 0.25) is 11.8 Å². The average molecular weight is 623 g/mol. The average Bonchev–Trinajstić information content (AvgIpc) is 2.92. The molecule has 2 unspecified atom stereocenters. The summed E-state index contributed by atoms with van der Waals surface area (Å²) in [7, 11) is -4.27. The molecule has 0 aliphatic heterocycles. The highest BCUT2D eigenvalue weighted by molar-refractivity contribution is 7.92. The van der Waals surface area contributed by atoms with E-state index in [1.165, 1.54) is 59.5 Å². The maximum Gasteiger partial charge on any atom is 0.264 e. The van der Waals surface area contributed by atoms with Crippen LogP contribution in [-0.4, -0.2) is 43.8 Å². The molecule has 0 bridgehead atoms. The molecule has 0 radical (unpaired) electrons. The zero-order valence-corrected chi connectivity index (χ0v) is 25.7. The minimum atomic E-state index is -4.27. The van der Waals surface area contributed by atoms with Crippen LogP contribution in [-0.2, 0) is 26.2 Å². The Bertz CT molecular complexity index is 1450. The summed E-state index contributed by atoms with van der Waals surface area (Å²) in [6.07, 6.45) is 0.953. The molecule has 0 spiro atoms. The number of halogens is 3. The molecule has 0 aliphatic rings. The Balaban J connectivity index is 2.09. The number of benzene rings is 3. The van der Waals surface area contributed by atoms with Crippen LogP contribution in [0.2, 0.25) is 10.0 Å². The van der Waals surface area contributed by atoms with Crippen LogP contribution in [0.15, 0.2) is 71.6 Å². The van der Waals surface area contributed by atoms with E-state index in [2.05, 4.69) is 5.32 Å². The van der Waals surface area contributed by atoms with E-state index in [1.54, 1.807) is 19.1 Å². The first kappa shape index (κ1) is 32.4. The zero-order valence-electron chi connectivity index (χ0n) is 23.4. The van der Waals surface area contributed by atoms with E-state index in [4.69, 9.17) is 23.2 Å². The summed E-state index contributed by atoms with van der Waals surface area (Å²) in [5, 5.41) is 3.29. The summed E-state index contributed by atoms with van der Waals surface area (Å²) in [6, 6.07) is 15.0. The molecule has 0 aromatic heterocycles. The molecule has 41 heavy (non-hydrogen) atoms. The fourth-order valence-corrected chi connectivity index (χ4v) is 6.11. The molecule has 7 nitrogen and oxygen atoms in total. The van der Waals surface area contributed by atoms with Crippen molar-refractivity contribution in [1.82, 2.24) is 10.2 Å². The Kier molecular flexibility index (Phi) is 11.2. The number of rotatable bonds is 12. The normalized spacial score (nSPS) is 12.9. The molecule has 0 fully saturated rings. The van der Waals surface area contributed by atoms with E-state index in [0.29, 0.717) is 12.0 Å². The summed E-state index contributed by atoms with van der Waals surface area (Å²) < 4.78 is 42.4. The Morgan fingerprint density at radius 1 is 0.927 bits per heavy atom. The highest BCUT2D eigenvalue weighted by atomic mass is 35.5. The molecule has 2 atom stereocenters. The Morgan fingerprint density at radius 2 is 1.51 bits per heavy atom. The number of anilines is 1. The number of carbonyl (C=O) groups excluding carboxylic acids is 2. The van der Waals surface area contributed by atoms with Gasteiger partial charge in [-0.1, -0.05) is 66.9 Å². The van der Waals surface area contributed by atoms with Gasteiger partial charge in [-0.25, -0.2) is 12.8 Å². The SMILES string of the molecule is CCC(C)NC(=O)C(CC)N(Cc1ccc(F)cc1)C(=O)CN(c1cc(Cl)cc(Cl)c1)S(=O)(=O)c1ccc(C)cc1. The molecule has 11 heteroatoms. The van der Waals surface area contributed by atoms with E-state index >= 15 is 0 Å². The highest BCUT2D eigenvalue weighted by Crippen LogP contribution is 2.30. The Hall–Kier alpha value is -3.14. The van der Waals surface area contributed by atoms with Gasteiger partial charge < -0.3 is 10.2 Å². The van der Waals surface area contributed by atoms with E-state index < -0.39 is 34.3 Å². The smallest absolute Gasteiger partial charge is 0.264 e. The second-order valence-corrected chi connectivity index (χ2v) is 12.6. The van der Waals surface area contributed by atoms with Gasteiger partial charge in [0, 0.05) is 22.6 Å². The molecule has 2 amide bonds. The van der Waals surface area contributed by atoms with Crippen molar-refractivity contribution < 1.29 is 22.4 Å². The van der Waals surface area contributed by atoms with Crippen molar-refractivity contribution in [2.24, 2.45) is 0 Å². The predicted octanol–water partition coefficient (Wildman–Crippen LogP) is 6.36. The third kappa shape index (κ3) is 8.44. The summed E-state index contributed by atoms with van der Waals surface area (Å²) in [6.45, 7) is 6.70. The van der Waals surface area contributed by atoms with Gasteiger partial charge in [-0.05, 0) is 74.7 Å². The molecular formula is C30H34Cl2FN3O4S. The standard InChI is InChI=1S/C30H34Cl2FN3O4S/c1-5-21(4)34-30(38)28(6-2)35(18-22-9-11-25(33)12-10-22)29(37)19-36(26-16-23(31)15-24(32)17-26)41(39,40)27-13-7-20(3)8-14-27/h7-17,21,28H,5-6,18-19H2,1-4H3,(H,34,38). The lowest BCUT2D eigenvalue weighted by Gasteiger charge is -2.33. The summed E-state index contributed by atoms with van der Waals surface area (Å²) >= 11 is 12.4. The van der Waals surface area contributed by atoms with Gasteiger partial charge in [-0.3, -0.25) is 13.9 Å². The van der Waals surface area contributed by atoms with Crippen molar-refractivity contribution in [1.29, 1.82) is 0 Å². The highest BCUT2D eigenvalue weighted by Gasteiger charge is 2.34. The Morgan fingerprint density at radius 3 is 2.05 bits per heavy atom. The maximum atomic E-state index is 14.1. The number of nitrogens with zero attached hydrogens (tertiary/aromatic N) is 2. The van der Waals surface area contributed by atoms with E-state index in [1.807, 2.05) is 20.8 Å². The fourth-order valence-electron chi connectivity index (χ4n) is 4.20. The van der Waals surface area contributed by atoms with E-state index in [-0.39, 0.29) is 45.5 Å². The van der Waals surface area contributed by atoms with E-state index in [9.17, 15) is 22.4 Å².